The van der Waals surface area contributed by atoms with Crippen LogP contribution in [0.1, 0.15) is 41.6 Å². The smallest absolute Gasteiger partial charge is 0.412 e. The summed E-state index contributed by atoms with van der Waals surface area (Å²) in [6.07, 6.45) is -0.999. The lowest BCUT2D eigenvalue weighted by Crippen LogP contribution is -2.16. The van der Waals surface area contributed by atoms with Crippen LogP contribution >= 0.6 is 0 Å². The second kappa shape index (κ2) is 10.7. The Morgan fingerprint density at radius 1 is 0.914 bits per heavy atom. The van der Waals surface area contributed by atoms with Gasteiger partial charge in [0.1, 0.15) is 17.5 Å². The molecule has 35 heavy (non-hydrogen) atoms. The number of aryl methyl sites for hydroxylation is 1. The summed E-state index contributed by atoms with van der Waals surface area (Å²) in [4.78, 5) is 24.4. The zero-order chi connectivity index (χ0) is 24.8. The molecule has 0 unspecified atom stereocenters. The molecule has 1 amide bonds. The molecule has 178 valence electrons. The van der Waals surface area contributed by atoms with E-state index >= 15 is 0 Å². The highest BCUT2D eigenvalue weighted by molar-refractivity contribution is 5.91. The third-order valence-electron chi connectivity index (χ3n) is 5.52. The summed E-state index contributed by atoms with van der Waals surface area (Å²) in [5.41, 5.74) is 5.08. The van der Waals surface area contributed by atoms with Crippen molar-refractivity contribution >= 4 is 17.7 Å². The van der Waals surface area contributed by atoms with Gasteiger partial charge in [0.2, 0.25) is 0 Å². The predicted octanol–water partition coefficient (Wildman–Crippen LogP) is 6.80. The first-order chi connectivity index (χ1) is 17.0. The molecule has 0 aliphatic rings. The molecule has 0 saturated carbocycles. The van der Waals surface area contributed by atoms with Crippen LogP contribution in [0.5, 0.6) is 0 Å². The van der Waals surface area contributed by atoms with Crippen LogP contribution in [0.2, 0.25) is 0 Å². The van der Waals surface area contributed by atoms with Gasteiger partial charge in [-0.05, 0) is 49.6 Å². The quantitative estimate of drug-likeness (QED) is 0.299. The van der Waals surface area contributed by atoms with Crippen LogP contribution in [0.4, 0.5) is 10.5 Å². The molecule has 0 aliphatic heterocycles. The van der Waals surface area contributed by atoms with Crippen molar-refractivity contribution in [3.05, 3.63) is 95.7 Å². The van der Waals surface area contributed by atoms with E-state index in [1.165, 1.54) is 0 Å². The van der Waals surface area contributed by atoms with Gasteiger partial charge in [0.25, 0.3) is 0 Å². The molecule has 1 aromatic heterocycles. The average molecular weight is 471 g/mol. The van der Waals surface area contributed by atoms with E-state index in [9.17, 15) is 9.59 Å². The van der Waals surface area contributed by atoms with Crippen LogP contribution in [0, 0.1) is 6.92 Å². The average Bonchev–Trinajstić information content (AvgIpc) is 3.24. The number of rotatable bonds is 7. The number of ether oxygens (including phenoxy) is 2. The molecule has 0 saturated heterocycles. The minimum Gasteiger partial charge on any atom is -0.462 e. The van der Waals surface area contributed by atoms with E-state index in [2.05, 4.69) is 10.5 Å². The van der Waals surface area contributed by atoms with Gasteiger partial charge in [0.15, 0.2) is 5.76 Å². The lowest BCUT2D eigenvalue weighted by molar-refractivity contribution is 0.0526. The lowest BCUT2D eigenvalue weighted by Gasteiger charge is -2.14. The molecule has 1 N–H and O–H groups in total. The van der Waals surface area contributed by atoms with Crippen LogP contribution in [-0.2, 0) is 9.47 Å². The Balaban J connectivity index is 1.47. The van der Waals surface area contributed by atoms with Crippen LogP contribution < -0.4 is 5.32 Å². The minimum atomic E-state index is -0.591. The van der Waals surface area contributed by atoms with Gasteiger partial charge in [-0.2, -0.15) is 0 Å². The maximum Gasteiger partial charge on any atom is 0.412 e. The van der Waals surface area contributed by atoms with Gasteiger partial charge >= 0.3 is 12.1 Å². The number of carbonyl (C=O) groups is 2. The number of carbonyl (C=O) groups excluding carboxylic acids is 2. The van der Waals surface area contributed by atoms with Crippen molar-refractivity contribution in [2.24, 2.45) is 0 Å². The maximum atomic E-state index is 12.5. The molecule has 0 spiro atoms. The number of anilines is 1. The van der Waals surface area contributed by atoms with E-state index in [0.29, 0.717) is 29.3 Å². The highest BCUT2D eigenvalue weighted by Gasteiger charge is 2.20. The van der Waals surface area contributed by atoms with E-state index in [-0.39, 0.29) is 5.97 Å². The first-order valence-corrected chi connectivity index (χ1v) is 11.3. The molecule has 7 heteroatoms. The molecule has 0 radical (unpaired) electrons. The Kier molecular flexibility index (Phi) is 7.26. The largest absolute Gasteiger partial charge is 0.462 e. The third kappa shape index (κ3) is 5.58. The second-order valence-corrected chi connectivity index (χ2v) is 7.93. The Bertz CT molecular complexity index is 1300. The van der Waals surface area contributed by atoms with Crippen molar-refractivity contribution < 1.29 is 23.6 Å². The van der Waals surface area contributed by atoms with Crippen LogP contribution in [0.3, 0.4) is 0 Å². The fourth-order valence-corrected chi connectivity index (χ4v) is 3.63. The van der Waals surface area contributed by atoms with E-state index in [4.69, 9.17) is 14.0 Å². The van der Waals surface area contributed by atoms with E-state index < -0.39 is 12.2 Å². The Morgan fingerprint density at radius 3 is 2.14 bits per heavy atom. The van der Waals surface area contributed by atoms with Gasteiger partial charge in [-0.1, -0.05) is 71.9 Å². The van der Waals surface area contributed by atoms with Crippen molar-refractivity contribution in [1.29, 1.82) is 0 Å². The Morgan fingerprint density at radius 2 is 1.51 bits per heavy atom. The van der Waals surface area contributed by atoms with Gasteiger partial charge in [0.05, 0.1) is 12.2 Å². The Hall–Kier alpha value is -4.39. The number of aromatic nitrogens is 1. The number of nitrogens with one attached hydrogen (secondary N) is 1. The van der Waals surface area contributed by atoms with E-state index in [1.54, 1.807) is 26.0 Å². The van der Waals surface area contributed by atoms with E-state index in [0.717, 1.165) is 22.3 Å². The molecule has 4 rings (SSSR count). The Labute approximate surface area is 203 Å². The number of nitrogens with zero attached hydrogens (tertiary/aromatic N) is 1. The molecule has 0 fully saturated rings. The summed E-state index contributed by atoms with van der Waals surface area (Å²) >= 11 is 0. The summed E-state index contributed by atoms with van der Waals surface area (Å²) in [6, 6.07) is 24.4. The number of esters is 1. The van der Waals surface area contributed by atoms with Gasteiger partial charge in [-0.25, -0.2) is 9.59 Å². The van der Waals surface area contributed by atoms with Crippen molar-refractivity contribution in [2.45, 2.75) is 26.9 Å². The van der Waals surface area contributed by atoms with Crippen molar-refractivity contribution in [1.82, 2.24) is 5.16 Å². The number of hydrogen-bond acceptors (Lipinski definition) is 6. The maximum absolute atomic E-state index is 12.5. The zero-order valence-corrected chi connectivity index (χ0v) is 19.8. The SMILES string of the molecule is CCOC(=O)c1ccc(-c2ccc(-c3onc(C)c3NC(=O)O[C@H](C)c3ccccc3)cc2)cc1. The highest BCUT2D eigenvalue weighted by Crippen LogP contribution is 2.33. The molecule has 0 aliphatic carbocycles. The van der Waals surface area contributed by atoms with Crippen LogP contribution in [0.15, 0.2) is 83.4 Å². The molecule has 3 aromatic carbocycles. The molecule has 1 atom stereocenters. The van der Waals surface area contributed by atoms with Gasteiger partial charge in [-0.3, -0.25) is 5.32 Å². The normalized spacial score (nSPS) is 11.5. The third-order valence-corrected chi connectivity index (χ3v) is 5.52. The fourth-order valence-electron chi connectivity index (χ4n) is 3.63. The number of hydrogen-bond donors (Lipinski definition) is 1. The van der Waals surface area contributed by atoms with Crippen molar-refractivity contribution in [3.8, 4) is 22.5 Å². The lowest BCUT2D eigenvalue weighted by atomic mass is 10.0. The van der Waals surface area contributed by atoms with Gasteiger partial charge in [-0.15, -0.1) is 0 Å². The topological polar surface area (TPSA) is 90.7 Å². The first kappa shape index (κ1) is 23.8. The summed E-state index contributed by atoms with van der Waals surface area (Å²) in [5.74, 6) is 0.0998. The predicted molar refractivity (Wildman–Crippen MR) is 133 cm³/mol. The second-order valence-electron chi connectivity index (χ2n) is 7.93. The zero-order valence-electron chi connectivity index (χ0n) is 19.8. The van der Waals surface area contributed by atoms with Gasteiger partial charge < -0.3 is 14.0 Å². The number of amides is 1. The molecule has 1 heterocycles. The van der Waals surface area contributed by atoms with Crippen molar-refractivity contribution in [2.75, 3.05) is 11.9 Å². The van der Waals surface area contributed by atoms with Crippen LogP contribution in [-0.4, -0.2) is 23.8 Å². The van der Waals surface area contributed by atoms with Crippen molar-refractivity contribution in [3.63, 3.8) is 0 Å². The highest BCUT2D eigenvalue weighted by atomic mass is 16.6. The standard InChI is InChI=1S/C28H26N2O5/c1-4-33-27(31)24-16-12-22(13-17-24)21-10-14-23(15-11-21)26-25(18(2)30-35-26)29-28(32)34-19(3)20-8-6-5-7-9-20/h5-17,19H,4H2,1-3H3,(H,29,32)/t19-/m1/s1. The summed E-state index contributed by atoms with van der Waals surface area (Å²) in [5, 5.41) is 6.79. The summed E-state index contributed by atoms with van der Waals surface area (Å²) in [6.45, 7) is 5.68. The summed E-state index contributed by atoms with van der Waals surface area (Å²) in [7, 11) is 0. The molecule has 4 aromatic rings. The summed E-state index contributed by atoms with van der Waals surface area (Å²) < 4.78 is 16.1. The fraction of sp³-hybridized carbons (Fsp3) is 0.179. The molecular formula is C28H26N2O5. The molecular weight excluding hydrogens is 444 g/mol. The van der Waals surface area contributed by atoms with E-state index in [1.807, 2.05) is 73.7 Å². The number of benzene rings is 3. The monoisotopic (exact) mass is 470 g/mol. The first-order valence-electron chi connectivity index (χ1n) is 11.3. The van der Waals surface area contributed by atoms with Crippen LogP contribution in [0.25, 0.3) is 22.5 Å². The van der Waals surface area contributed by atoms with Gasteiger partial charge in [0, 0.05) is 5.56 Å². The molecule has 0 bridgehead atoms. The minimum absolute atomic E-state index is 0.337. The molecule has 7 nitrogen and oxygen atoms in total.